The van der Waals surface area contributed by atoms with Gasteiger partial charge in [-0.15, -0.1) is 5.10 Å². The molecule has 5 nitrogen and oxygen atoms in total. The Bertz CT molecular complexity index is 766. The van der Waals surface area contributed by atoms with Gasteiger partial charge in [-0.2, -0.15) is 0 Å². The van der Waals surface area contributed by atoms with Crippen LogP contribution in [0.15, 0.2) is 41.2 Å². The Morgan fingerprint density at radius 2 is 2.13 bits per heavy atom. The van der Waals surface area contributed by atoms with E-state index < -0.39 is 17.8 Å². The standard InChI is InChI=1S/C15H14F3N5/c1-10-5-19-9-22(6-10)7-11-8-23(21-20-11)12-2-3-14(16)13(4-12)15(17)18/h2-6,8,15H,7,9H2,1H3. The topological polar surface area (TPSA) is 46.3 Å². The second-order valence-corrected chi connectivity index (χ2v) is 5.23. The van der Waals surface area contributed by atoms with E-state index in [0.717, 1.165) is 17.7 Å². The number of halogens is 3. The SMILES string of the molecule is CC1=CN(Cc2cn(-c3ccc(F)c(C(F)F)c3)nn2)CN=C1. The zero-order valence-electron chi connectivity index (χ0n) is 12.3. The summed E-state index contributed by atoms with van der Waals surface area (Å²) in [5, 5.41) is 7.93. The number of hydrogen-bond donors (Lipinski definition) is 0. The van der Waals surface area contributed by atoms with Crippen molar-refractivity contribution in [3.8, 4) is 5.69 Å². The third kappa shape index (κ3) is 3.41. The molecule has 3 rings (SSSR count). The molecule has 0 fully saturated rings. The molecule has 0 bridgehead atoms. The highest BCUT2D eigenvalue weighted by Crippen LogP contribution is 2.24. The number of rotatable bonds is 4. The van der Waals surface area contributed by atoms with Crippen molar-refractivity contribution < 1.29 is 13.2 Å². The van der Waals surface area contributed by atoms with E-state index in [0.29, 0.717) is 24.6 Å². The summed E-state index contributed by atoms with van der Waals surface area (Å²) >= 11 is 0. The third-order valence-corrected chi connectivity index (χ3v) is 3.33. The molecular formula is C15H14F3N5. The van der Waals surface area contributed by atoms with Gasteiger partial charge < -0.3 is 4.90 Å². The normalized spacial score (nSPS) is 14.5. The van der Waals surface area contributed by atoms with Crippen molar-refractivity contribution in [1.29, 1.82) is 0 Å². The van der Waals surface area contributed by atoms with E-state index >= 15 is 0 Å². The molecule has 1 aliphatic rings. The lowest BCUT2D eigenvalue weighted by molar-refractivity contribution is 0.146. The van der Waals surface area contributed by atoms with Gasteiger partial charge in [-0.1, -0.05) is 5.21 Å². The monoisotopic (exact) mass is 321 g/mol. The molecule has 1 aromatic heterocycles. The van der Waals surface area contributed by atoms with Crippen LogP contribution in [0.1, 0.15) is 24.6 Å². The zero-order chi connectivity index (χ0) is 16.4. The van der Waals surface area contributed by atoms with E-state index in [4.69, 9.17) is 0 Å². The average molecular weight is 321 g/mol. The lowest BCUT2D eigenvalue weighted by Crippen LogP contribution is -2.20. The van der Waals surface area contributed by atoms with Crippen molar-refractivity contribution in [3.05, 3.63) is 53.2 Å². The third-order valence-electron chi connectivity index (χ3n) is 3.33. The molecule has 2 heterocycles. The van der Waals surface area contributed by atoms with Crippen LogP contribution < -0.4 is 0 Å². The molecule has 0 saturated heterocycles. The molecule has 8 heteroatoms. The number of alkyl halides is 2. The molecule has 0 aliphatic carbocycles. The van der Waals surface area contributed by atoms with Gasteiger partial charge >= 0.3 is 0 Å². The van der Waals surface area contributed by atoms with Crippen molar-refractivity contribution >= 4 is 6.21 Å². The summed E-state index contributed by atoms with van der Waals surface area (Å²) in [5.74, 6) is -0.934. The molecule has 0 atom stereocenters. The summed E-state index contributed by atoms with van der Waals surface area (Å²) in [6, 6.07) is 3.46. The Morgan fingerprint density at radius 1 is 1.30 bits per heavy atom. The second-order valence-electron chi connectivity index (χ2n) is 5.23. The fourth-order valence-electron chi connectivity index (χ4n) is 2.29. The van der Waals surface area contributed by atoms with Gasteiger partial charge in [0, 0.05) is 12.4 Å². The Balaban J connectivity index is 1.79. The Morgan fingerprint density at radius 3 is 2.87 bits per heavy atom. The Labute approximate surface area is 130 Å². The second kappa shape index (κ2) is 6.23. The van der Waals surface area contributed by atoms with Crippen LogP contribution in [-0.4, -0.2) is 32.8 Å². The number of aromatic nitrogens is 3. The Kier molecular flexibility index (Phi) is 4.14. The lowest BCUT2D eigenvalue weighted by atomic mass is 10.2. The van der Waals surface area contributed by atoms with E-state index in [1.54, 1.807) is 12.4 Å². The maximum atomic E-state index is 13.3. The summed E-state index contributed by atoms with van der Waals surface area (Å²) in [7, 11) is 0. The van der Waals surface area contributed by atoms with Gasteiger partial charge in [0.2, 0.25) is 0 Å². The fourth-order valence-corrected chi connectivity index (χ4v) is 2.29. The molecule has 0 radical (unpaired) electrons. The molecule has 0 unspecified atom stereocenters. The molecule has 0 saturated carbocycles. The van der Waals surface area contributed by atoms with Gasteiger partial charge in [0.15, 0.2) is 0 Å². The highest BCUT2D eigenvalue weighted by molar-refractivity contribution is 5.78. The highest BCUT2D eigenvalue weighted by atomic mass is 19.3. The molecule has 23 heavy (non-hydrogen) atoms. The molecule has 2 aromatic rings. The maximum absolute atomic E-state index is 13.3. The van der Waals surface area contributed by atoms with E-state index in [2.05, 4.69) is 15.3 Å². The van der Waals surface area contributed by atoms with Gasteiger partial charge in [0.25, 0.3) is 6.43 Å². The van der Waals surface area contributed by atoms with Gasteiger partial charge in [-0.05, 0) is 30.7 Å². The van der Waals surface area contributed by atoms with Gasteiger partial charge in [0.1, 0.15) is 18.2 Å². The van der Waals surface area contributed by atoms with E-state index in [-0.39, 0.29) is 0 Å². The van der Waals surface area contributed by atoms with Gasteiger partial charge in [-0.3, -0.25) is 4.99 Å². The largest absolute Gasteiger partial charge is 0.352 e. The molecule has 1 aromatic carbocycles. The highest BCUT2D eigenvalue weighted by Gasteiger charge is 2.15. The summed E-state index contributed by atoms with van der Waals surface area (Å²) in [4.78, 5) is 6.15. The van der Waals surface area contributed by atoms with Crippen LogP contribution in [0.2, 0.25) is 0 Å². The van der Waals surface area contributed by atoms with Crippen molar-refractivity contribution in [3.63, 3.8) is 0 Å². The first-order valence-electron chi connectivity index (χ1n) is 6.94. The minimum atomic E-state index is -2.88. The number of allylic oxidation sites excluding steroid dienone is 1. The first kappa shape index (κ1) is 15.3. The van der Waals surface area contributed by atoms with E-state index in [1.165, 1.54) is 10.7 Å². The quantitative estimate of drug-likeness (QED) is 0.869. The predicted octanol–water partition coefficient (Wildman–Crippen LogP) is 3.09. The minimum absolute atomic E-state index is 0.337. The first-order chi connectivity index (χ1) is 11.0. The number of aliphatic imine (C=N–C) groups is 1. The molecule has 0 amide bonds. The smallest absolute Gasteiger partial charge is 0.266 e. The lowest BCUT2D eigenvalue weighted by Gasteiger charge is -2.19. The molecular weight excluding hydrogens is 307 g/mol. The maximum Gasteiger partial charge on any atom is 0.266 e. The number of nitrogens with zero attached hydrogens (tertiary/aromatic N) is 5. The first-order valence-corrected chi connectivity index (χ1v) is 6.94. The van der Waals surface area contributed by atoms with Gasteiger partial charge in [0.05, 0.1) is 24.0 Å². The minimum Gasteiger partial charge on any atom is -0.352 e. The fraction of sp³-hybridized carbons (Fsp3) is 0.267. The molecule has 1 aliphatic heterocycles. The van der Waals surface area contributed by atoms with Crippen LogP contribution in [0.4, 0.5) is 13.2 Å². The van der Waals surface area contributed by atoms with Gasteiger partial charge in [-0.25, -0.2) is 17.9 Å². The van der Waals surface area contributed by atoms with Crippen molar-refractivity contribution in [2.24, 2.45) is 4.99 Å². The predicted molar refractivity (Wildman–Crippen MR) is 78.9 cm³/mol. The van der Waals surface area contributed by atoms with Crippen molar-refractivity contribution in [2.75, 3.05) is 6.67 Å². The number of benzene rings is 1. The van der Waals surface area contributed by atoms with Crippen LogP contribution in [0.3, 0.4) is 0 Å². The Hall–Kier alpha value is -2.64. The van der Waals surface area contributed by atoms with Crippen molar-refractivity contribution in [1.82, 2.24) is 19.9 Å². The van der Waals surface area contributed by atoms with Crippen LogP contribution in [-0.2, 0) is 6.54 Å². The molecule has 0 spiro atoms. The van der Waals surface area contributed by atoms with Crippen molar-refractivity contribution in [2.45, 2.75) is 19.9 Å². The summed E-state index contributed by atoms with van der Waals surface area (Å²) in [5.41, 5.74) is 1.38. The van der Waals surface area contributed by atoms with Crippen LogP contribution in [0.25, 0.3) is 5.69 Å². The summed E-state index contributed by atoms with van der Waals surface area (Å²) in [6.07, 6.45) is 2.50. The van der Waals surface area contributed by atoms with E-state index in [1.807, 2.05) is 18.0 Å². The summed E-state index contributed by atoms with van der Waals surface area (Å²) < 4.78 is 40.2. The number of hydrogen-bond acceptors (Lipinski definition) is 4. The van der Waals surface area contributed by atoms with Crippen LogP contribution in [0.5, 0.6) is 0 Å². The van der Waals surface area contributed by atoms with E-state index in [9.17, 15) is 13.2 Å². The summed E-state index contributed by atoms with van der Waals surface area (Å²) in [6.45, 7) is 2.96. The van der Waals surface area contributed by atoms with Crippen LogP contribution in [0, 0.1) is 5.82 Å². The molecule has 0 N–H and O–H groups in total. The molecule has 120 valence electrons. The average Bonchev–Trinajstić information content (AvgIpc) is 2.96. The zero-order valence-corrected chi connectivity index (χ0v) is 12.3. The van der Waals surface area contributed by atoms with Crippen LogP contribution >= 0.6 is 0 Å².